The topological polar surface area (TPSA) is 55.7 Å². The van der Waals surface area contributed by atoms with Crippen molar-refractivity contribution < 1.29 is 14.3 Å². The summed E-state index contributed by atoms with van der Waals surface area (Å²) in [6.07, 6.45) is 5.97. The fraction of sp³-hybridized carbons (Fsp3) is 0.600. The Hall–Kier alpha value is -1.41. The zero-order chi connectivity index (χ0) is 10.6. The highest BCUT2D eigenvalue weighted by molar-refractivity contribution is 5.74. The van der Waals surface area contributed by atoms with Crippen LogP contribution in [0, 0.1) is 11.8 Å². The molecule has 3 atom stereocenters. The van der Waals surface area contributed by atoms with E-state index in [0.29, 0.717) is 6.42 Å². The first-order valence-corrected chi connectivity index (χ1v) is 4.52. The Morgan fingerprint density at radius 1 is 1.64 bits per heavy atom. The van der Waals surface area contributed by atoms with Crippen LogP contribution in [0.5, 0.6) is 0 Å². The molecule has 1 aliphatic carbocycles. The number of hydrogen-bond donors (Lipinski definition) is 0. The first-order valence-electron chi connectivity index (χ1n) is 4.52. The highest BCUT2D eigenvalue weighted by atomic mass is 16.5. The molecule has 0 aliphatic heterocycles. The molecule has 14 heavy (non-hydrogen) atoms. The number of allylic oxidation sites excluding steroid dienone is 1. The second-order valence-corrected chi connectivity index (χ2v) is 3.36. The zero-order valence-electron chi connectivity index (χ0n) is 8.27. The van der Waals surface area contributed by atoms with Gasteiger partial charge in [0, 0.05) is 0 Å². The van der Waals surface area contributed by atoms with Crippen molar-refractivity contribution in [2.24, 2.45) is 16.8 Å². The molecule has 4 heteroatoms. The standard InChI is InChI=1S/C10H13NO3/c1-7-4-3-5-8(11-6-12)9(7)10(13)14-2/h3-4,7-9H,5H2,1-2H3/t7-,8+,9-/m1/s1. The maximum atomic E-state index is 11.4. The summed E-state index contributed by atoms with van der Waals surface area (Å²) in [6.45, 7) is 1.91. The van der Waals surface area contributed by atoms with Crippen LogP contribution >= 0.6 is 0 Å². The number of isocyanates is 1. The SMILES string of the molecule is COC(=O)[C@@H]1[C@H](C)C=CC[C@@H]1N=C=O. The lowest BCUT2D eigenvalue weighted by atomic mass is 9.81. The summed E-state index contributed by atoms with van der Waals surface area (Å²) in [4.78, 5) is 25.2. The molecule has 0 N–H and O–H groups in total. The summed E-state index contributed by atoms with van der Waals surface area (Å²) in [7, 11) is 1.34. The van der Waals surface area contributed by atoms with Gasteiger partial charge in [0.25, 0.3) is 0 Å². The molecular formula is C10H13NO3. The number of carbonyl (C=O) groups excluding carboxylic acids is 2. The normalized spacial score (nSPS) is 30.6. The summed E-state index contributed by atoms with van der Waals surface area (Å²) in [6, 6.07) is -0.319. The van der Waals surface area contributed by atoms with E-state index >= 15 is 0 Å². The quantitative estimate of drug-likeness (QED) is 0.287. The van der Waals surface area contributed by atoms with Gasteiger partial charge in [-0.15, -0.1) is 0 Å². The van der Waals surface area contributed by atoms with Gasteiger partial charge in [-0.05, 0) is 12.3 Å². The van der Waals surface area contributed by atoms with Crippen LogP contribution in [0.1, 0.15) is 13.3 Å². The number of hydrogen-bond acceptors (Lipinski definition) is 4. The van der Waals surface area contributed by atoms with Crippen molar-refractivity contribution >= 4 is 12.0 Å². The summed E-state index contributed by atoms with van der Waals surface area (Å²) >= 11 is 0. The fourth-order valence-electron chi connectivity index (χ4n) is 1.76. The van der Waals surface area contributed by atoms with Crippen molar-refractivity contribution in [3.05, 3.63) is 12.2 Å². The number of carbonyl (C=O) groups is 1. The molecule has 0 fully saturated rings. The number of esters is 1. The van der Waals surface area contributed by atoms with Gasteiger partial charge >= 0.3 is 5.97 Å². The second-order valence-electron chi connectivity index (χ2n) is 3.36. The predicted octanol–water partition coefficient (Wildman–Crippen LogP) is 1.08. The molecule has 0 heterocycles. The average Bonchev–Trinajstić information content (AvgIpc) is 2.18. The van der Waals surface area contributed by atoms with E-state index in [1.165, 1.54) is 13.2 Å². The van der Waals surface area contributed by atoms with Crippen molar-refractivity contribution in [2.75, 3.05) is 7.11 Å². The van der Waals surface area contributed by atoms with Crippen LogP contribution in [-0.4, -0.2) is 25.2 Å². The van der Waals surface area contributed by atoms with Crippen LogP contribution in [0.2, 0.25) is 0 Å². The molecule has 0 amide bonds. The maximum Gasteiger partial charge on any atom is 0.311 e. The summed E-state index contributed by atoms with van der Waals surface area (Å²) in [5.41, 5.74) is 0. The summed E-state index contributed by atoms with van der Waals surface area (Å²) < 4.78 is 4.67. The Morgan fingerprint density at radius 2 is 2.36 bits per heavy atom. The lowest BCUT2D eigenvalue weighted by Crippen LogP contribution is -2.34. The molecule has 4 nitrogen and oxygen atoms in total. The van der Waals surface area contributed by atoms with Crippen LogP contribution in [0.3, 0.4) is 0 Å². The van der Waals surface area contributed by atoms with Gasteiger partial charge in [-0.1, -0.05) is 19.1 Å². The van der Waals surface area contributed by atoms with E-state index in [4.69, 9.17) is 0 Å². The molecule has 0 aromatic heterocycles. The number of aliphatic imine (C=N–C) groups is 1. The van der Waals surface area contributed by atoms with E-state index in [1.54, 1.807) is 0 Å². The van der Waals surface area contributed by atoms with E-state index < -0.39 is 0 Å². The molecule has 1 rings (SSSR count). The van der Waals surface area contributed by atoms with Gasteiger partial charge in [0.15, 0.2) is 0 Å². The lowest BCUT2D eigenvalue weighted by Gasteiger charge is -2.27. The Morgan fingerprint density at radius 3 is 2.93 bits per heavy atom. The second kappa shape index (κ2) is 4.72. The molecule has 0 saturated heterocycles. The third-order valence-corrected chi connectivity index (χ3v) is 2.49. The Bertz CT molecular complexity index is 292. The smallest absolute Gasteiger partial charge is 0.311 e. The first kappa shape index (κ1) is 10.7. The van der Waals surface area contributed by atoms with E-state index in [1.807, 2.05) is 19.1 Å². The molecule has 0 aromatic rings. The van der Waals surface area contributed by atoms with Crippen molar-refractivity contribution in [1.82, 2.24) is 0 Å². The summed E-state index contributed by atoms with van der Waals surface area (Å²) in [5.74, 6) is -0.615. The molecule has 76 valence electrons. The lowest BCUT2D eigenvalue weighted by molar-refractivity contribution is -0.147. The molecule has 0 spiro atoms. The van der Waals surface area contributed by atoms with Gasteiger partial charge in [-0.25, -0.2) is 9.79 Å². The predicted molar refractivity (Wildman–Crippen MR) is 50.3 cm³/mol. The maximum absolute atomic E-state index is 11.4. The van der Waals surface area contributed by atoms with Crippen molar-refractivity contribution in [3.63, 3.8) is 0 Å². The van der Waals surface area contributed by atoms with Gasteiger partial charge in [-0.3, -0.25) is 4.79 Å². The highest BCUT2D eigenvalue weighted by Gasteiger charge is 2.34. The minimum absolute atomic E-state index is 0.0540. The first-order chi connectivity index (χ1) is 6.70. The Labute approximate surface area is 82.7 Å². The zero-order valence-corrected chi connectivity index (χ0v) is 8.27. The van der Waals surface area contributed by atoms with E-state index in [0.717, 1.165) is 0 Å². The van der Waals surface area contributed by atoms with Crippen LogP contribution in [-0.2, 0) is 14.3 Å². The summed E-state index contributed by atoms with van der Waals surface area (Å²) in [5, 5.41) is 0. The van der Waals surface area contributed by atoms with Crippen molar-refractivity contribution in [3.8, 4) is 0 Å². The van der Waals surface area contributed by atoms with Crippen molar-refractivity contribution in [2.45, 2.75) is 19.4 Å². The van der Waals surface area contributed by atoms with E-state index in [9.17, 15) is 9.59 Å². The molecule has 0 bridgehead atoms. The van der Waals surface area contributed by atoms with Gasteiger partial charge in [0.1, 0.15) is 0 Å². The van der Waals surface area contributed by atoms with Gasteiger partial charge in [0.2, 0.25) is 6.08 Å². The molecule has 0 saturated carbocycles. The minimum atomic E-state index is -0.355. The molecule has 0 radical (unpaired) electrons. The molecular weight excluding hydrogens is 182 g/mol. The highest BCUT2D eigenvalue weighted by Crippen LogP contribution is 2.27. The molecule has 0 aromatic carbocycles. The third kappa shape index (κ3) is 2.09. The number of rotatable bonds is 2. The Kier molecular flexibility index (Phi) is 3.60. The number of nitrogens with zero attached hydrogens (tertiary/aromatic N) is 1. The number of methoxy groups -OCH3 is 1. The van der Waals surface area contributed by atoms with Gasteiger partial charge in [-0.2, -0.15) is 0 Å². The average molecular weight is 195 g/mol. The third-order valence-electron chi connectivity index (χ3n) is 2.49. The van der Waals surface area contributed by atoms with Crippen LogP contribution < -0.4 is 0 Å². The Balaban J connectivity index is 2.88. The van der Waals surface area contributed by atoms with Gasteiger partial charge in [0.05, 0.1) is 19.1 Å². The van der Waals surface area contributed by atoms with Crippen molar-refractivity contribution in [1.29, 1.82) is 0 Å². The van der Waals surface area contributed by atoms with Gasteiger partial charge < -0.3 is 4.74 Å². The largest absolute Gasteiger partial charge is 0.469 e. The fourth-order valence-corrected chi connectivity index (χ4v) is 1.76. The van der Waals surface area contributed by atoms with Crippen LogP contribution in [0.4, 0.5) is 0 Å². The number of ether oxygens (including phenoxy) is 1. The molecule has 0 unspecified atom stereocenters. The van der Waals surface area contributed by atoms with E-state index in [-0.39, 0.29) is 23.8 Å². The molecule has 1 aliphatic rings. The minimum Gasteiger partial charge on any atom is -0.469 e. The van der Waals surface area contributed by atoms with Crippen LogP contribution in [0.15, 0.2) is 17.1 Å². The monoisotopic (exact) mass is 195 g/mol. The van der Waals surface area contributed by atoms with Crippen LogP contribution in [0.25, 0.3) is 0 Å². The van der Waals surface area contributed by atoms with E-state index in [2.05, 4.69) is 9.73 Å².